The monoisotopic (exact) mass is 457 g/mol. The number of aromatic hydroxyl groups is 1. The average molecular weight is 457 g/mol. The van der Waals surface area contributed by atoms with Crippen LogP contribution >= 0.6 is 0 Å². The molecule has 3 aliphatic rings. The molecule has 4 rings (SSSR count). The summed E-state index contributed by atoms with van der Waals surface area (Å²) >= 11 is 0. The number of rotatable bonds is 3. The number of primary amides is 1. The molecule has 0 radical (unpaired) electrons. The van der Waals surface area contributed by atoms with Gasteiger partial charge in [-0.2, -0.15) is 0 Å². The van der Waals surface area contributed by atoms with Crippen LogP contribution in [0.5, 0.6) is 5.75 Å². The number of fused-ring (bicyclic) bond motifs is 3. The minimum atomic E-state index is -2.64. The van der Waals surface area contributed by atoms with Crippen LogP contribution in [0.4, 0.5) is 5.69 Å². The molecule has 1 saturated carbocycles. The Bertz CT molecular complexity index is 1180. The lowest BCUT2D eigenvalue weighted by Crippen LogP contribution is -2.65. The molecule has 0 bridgehead atoms. The third-order valence-corrected chi connectivity index (χ3v) is 7.22. The molecule has 10 heteroatoms. The SMILES string of the molecule is CCc1cc(N)c(O)c2c1C[C@H]1C[C@H]3[C@@H](N(C)C)C(=O)C(C(N)=O)=C(O)[C@@]3(O)C(=O)C1=C2O. The predicted octanol–water partition coefficient (Wildman–Crippen LogP) is 0.109. The molecule has 4 atom stereocenters. The van der Waals surface area contributed by atoms with Crippen molar-refractivity contribution >= 4 is 28.9 Å². The molecular weight excluding hydrogens is 430 g/mol. The summed E-state index contributed by atoms with van der Waals surface area (Å²) in [6.07, 6.45) is 0.874. The zero-order valence-corrected chi connectivity index (χ0v) is 18.5. The predicted molar refractivity (Wildman–Crippen MR) is 118 cm³/mol. The van der Waals surface area contributed by atoms with Gasteiger partial charge in [0, 0.05) is 11.5 Å². The minimum absolute atomic E-state index is 0.0168. The zero-order chi connectivity index (χ0) is 24.6. The lowest BCUT2D eigenvalue weighted by molar-refractivity contribution is -0.153. The highest BCUT2D eigenvalue weighted by atomic mass is 16.3. The van der Waals surface area contributed by atoms with Crippen molar-refractivity contribution in [2.45, 2.75) is 37.8 Å². The van der Waals surface area contributed by atoms with E-state index in [1.54, 1.807) is 20.2 Å². The lowest BCUT2D eigenvalue weighted by atomic mass is 9.57. The number of nitrogens with zero attached hydrogens (tertiary/aromatic N) is 1. The standard InChI is InChI=1S/C23H27N3O7/c1-4-8-7-12(24)17(27)14-10(8)5-9-6-11-16(26(2)3)19(29)15(22(25)32)21(31)23(11,33)20(30)13(9)18(14)28/h7,9,11,16,27-28,31,33H,4-6,24H2,1-3H3,(H2,25,32)/t9-,11-,16+,23-/m0/s1. The van der Waals surface area contributed by atoms with Gasteiger partial charge in [0.25, 0.3) is 5.91 Å². The number of aliphatic hydroxyl groups is 3. The molecule has 33 heavy (non-hydrogen) atoms. The average Bonchev–Trinajstić information content (AvgIpc) is 2.72. The van der Waals surface area contributed by atoms with Gasteiger partial charge >= 0.3 is 0 Å². The second-order valence-corrected chi connectivity index (χ2v) is 9.14. The van der Waals surface area contributed by atoms with E-state index in [9.17, 15) is 34.8 Å². The van der Waals surface area contributed by atoms with Gasteiger partial charge in [0.1, 0.15) is 22.8 Å². The maximum Gasteiger partial charge on any atom is 0.255 e. The third kappa shape index (κ3) is 2.83. The molecule has 176 valence electrons. The molecule has 0 spiro atoms. The number of carbonyl (C=O) groups is 3. The first kappa shape index (κ1) is 22.8. The summed E-state index contributed by atoms with van der Waals surface area (Å²) < 4.78 is 0. The number of aliphatic hydroxyl groups excluding tert-OH is 2. The lowest BCUT2D eigenvalue weighted by Gasteiger charge is -2.50. The summed E-state index contributed by atoms with van der Waals surface area (Å²) in [5, 5.41) is 44.0. The summed E-state index contributed by atoms with van der Waals surface area (Å²) in [5.41, 5.74) is 9.01. The third-order valence-electron chi connectivity index (χ3n) is 7.22. The van der Waals surface area contributed by atoms with E-state index in [0.717, 1.165) is 5.56 Å². The first-order chi connectivity index (χ1) is 15.4. The second-order valence-electron chi connectivity index (χ2n) is 9.14. The van der Waals surface area contributed by atoms with Crippen molar-refractivity contribution in [2.24, 2.45) is 17.6 Å². The van der Waals surface area contributed by atoms with E-state index in [4.69, 9.17) is 11.5 Å². The van der Waals surface area contributed by atoms with Crippen LogP contribution in [0.2, 0.25) is 0 Å². The highest BCUT2D eigenvalue weighted by Crippen LogP contribution is 2.53. The summed E-state index contributed by atoms with van der Waals surface area (Å²) in [6, 6.07) is 0.515. The molecule has 10 nitrogen and oxygen atoms in total. The van der Waals surface area contributed by atoms with E-state index in [1.165, 1.54) is 4.90 Å². The number of aryl methyl sites for hydroxylation is 1. The Morgan fingerprint density at radius 1 is 1.24 bits per heavy atom. The summed E-state index contributed by atoms with van der Waals surface area (Å²) in [6.45, 7) is 1.89. The van der Waals surface area contributed by atoms with E-state index in [2.05, 4.69) is 0 Å². The number of ketones is 2. The number of amides is 1. The molecule has 0 aliphatic heterocycles. The fourth-order valence-corrected chi connectivity index (χ4v) is 5.73. The Morgan fingerprint density at radius 3 is 2.42 bits per heavy atom. The number of phenolic OH excluding ortho intramolecular Hbond substituents is 1. The minimum Gasteiger partial charge on any atom is -0.508 e. The molecule has 8 N–H and O–H groups in total. The van der Waals surface area contributed by atoms with Crippen LogP contribution in [-0.2, 0) is 27.2 Å². The molecule has 0 aromatic heterocycles. The van der Waals surface area contributed by atoms with Crippen molar-refractivity contribution in [2.75, 3.05) is 19.8 Å². The van der Waals surface area contributed by atoms with Gasteiger partial charge in [-0.15, -0.1) is 0 Å². The van der Waals surface area contributed by atoms with Crippen LogP contribution in [0.25, 0.3) is 5.76 Å². The van der Waals surface area contributed by atoms with Crippen LogP contribution in [0.15, 0.2) is 23.0 Å². The van der Waals surface area contributed by atoms with Crippen LogP contribution in [0.3, 0.4) is 0 Å². The van der Waals surface area contributed by atoms with E-state index in [1.807, 2.05) is 6.92 Å². The van der Waals surface area contributed by atoms with E-state index >= 15 is 0 Å². The Balaban J connectivity index is 2.00. The van der Waals surface area contributed by atoms with E-state index in [-0.39, 0.29) is 35.4 Å². The van der Waals surface area contributed by atoms with Gasteiger partial charge in [0.2, 0.25) is 5.78 Å². The molecule has 1 fully saturated rings. The Morgan fingerprint density at radius 2 is 1.88 bits per heavy atom. The van der Waals surface area contributed by atoms with Gasteiger partial charge in [-0.1, -0.05) is 6.92 Å². The number of carbonyl (C=O) groups excluding carboxylic acids is 3. The van der Waals surface area contributed by atoms with Gasteiger partial charge in [-0.05, 0) is 56.5 Å². The van der Waals surface area contributed by atoms with Crippen LogP contribution in [-0.4, -0.2) is 68.5 Å². The highest BCUT2D eigenvalue weighted by Gasteiger charge is 2.64. The smallest absolute Gasteiger partial charge is 0.255 e. The molecule has 0 unspecified atom stereocenters. The zero-order valence-electron chi connectivity index (χ0n) is 18.5. The van der Waals surface area contributed by atoms with Crippen molar-refractivity contribution in [3.63, 3.8) is 0 Å². The van der Waals surface area contributed by atoms with Gasteiger partial charge in [-0.3, -0.25) is 19.3 Å². The molecular formula is C23H27N3O7. The Kier molecular flexibility index (Phi) is 5.06. The number of hydrogen-bond donors (Lipinski definition) is 6. The Hall–Kier alpha value is -3.37. The van der Waals surface area contributed by atoms with Crippen LogP contribution in [0.1, 0.15) is 30.0 Å². The summed E-state index contributed by atoms with van der Waals surface area (Å²) in [7, 11) is 3.12. The first-order valence-corrected chi connectivity index (χ1v) is 10.7. The highest BCUT2D eigenvalue weighted by molar-refractivity contribution is 6.24. The van der Waals surface area contributed by atoms with Gasteiger partial charge in [0.05, 0.1) is 17.3 Å². The summed E-state index contributed by atoms with van der Waals surface area (Å²) in [5.74, 6) is -6.80. The topological polar surface area (TPSA) is 187 Å². The fourth-order valence-electron chi connectivity index (χ4n) is 5.73. The first-order valence-electron chi connectivity index (χ1n) is 10.7. The van der Waals surface area contributed by atoms with Crippen LogP contribution < -0.4 is 11.5 Å². The molecule has 0 heterocycles. The molecule has 1 aromatic carbocycles. The molecule has 1 amide bonds. The number of phenols is 1. The maximum absolute atomic E-state index is 13.7. The van der Waals surface area contributed by atoms with Gasteiger partial charge in [-0.25, -0.2) is 0 Å². The number of Topliss-reactive ketones (excluding diaryl/α,β-unsaturated/α-hetero) is 2. The summed E-state index contributed by atoms with van der Waals surface area (Å²) in [4.78, 5) is 40.2. The largest absolute Gasteiger partial charge is 0.508 e. The molecule has 3 aliphatic carbocycles. The molecule has 1 aromatic rings. The second kappa shape index (κ2) is 7.32. The number of likely N-dealkylation sites (N-methyl/N-ethyl adjacent to an activating group) is 1. The van der Waals surface area contributed by atoms with Crippen molar-refractivity contribution in [3.8, 4) is 5.75 Å². The maximum atomic E-state index is 13.7. The van der Waals surface area contributed by atoms with Crippen molar-refractivity contribution in [1.82, 2.24) is 4.90 Å². The number of nitrogens with two attached hydrogens (primary N) is 2. The van der Waals surface area contributed by atoms with Crippen molar-refractivity contribution in [1.29, 1.82) is 0 Å². The number of hydrogen-bond acceptors (Lipinski definition) is 9. The number of nitrogen functional groups attached to an aromatic ring is 1. The Labute approximate surface area is 189 Å². The van der Waals surface area contributed by atoms with E-state index in [0.29, 0.717) is 12.0 Å². The van der Waals surface area contributed by atoms with Crippen LogP contribution in [0, 0.1) is 11.8 Å². The molecule has 0 saturated heterocycles. The van der Waals surface area contributed by atoms with Gasteiger partial charge < -0.3 is 31.9 Å². The number of benzene rings is 1. The van der Waals surface area contributed by atoms with Crippen molar-refractivity contribution < 1.29 is 34.8 Å². The quantitative estimate of drug-likeness (QED) is 0.208. The van der Waals surface area contributed by atoms with Gasteiger partial charge in [0.15, 0.2) is 11.4 Å². The number of anilines is 1. The van der Waals surface area contributed by atoms with Crippen molar-refractivity contribution in [3.05, 3.63) is 39.7 Å². The normalized spacial score (nSPS) is 29.2. The van der Waals surface area contributed by atoms with E-state index < -0.39 is 58.0 Å². The fraction of sp³-hybridized carbons (Fsp3) is 0.435.